The number of hydrogen-bond donors (Lipinski definition) is 1. The van der Waals surface area contributed by atoms with E-state index in [1.54, 1.807) is 0 Å². The minimum absolute atomic E-state index is 0.0137. The van der Waals surface area contributed by atoms with Crippen LogP contribution in [-0.2, 0) is 6.42 Å². The molecule has 0 aliphatic heterocycles. The molecular weight excluding hydrogens is 270 g/mol. The Labute approximate surface area is 124 Å². The standard InChI is InChI=1S/C17H18ClNO/c18-13-8-10-14(11-9-13)20-16-7-3-5-12-4-1-2-6-15(12)17(16)19/h1-2,4,6,8-11,16-17H,3,5,7,19H2. The van der Waals surface area contributed by atoms with Crippen molar-refractivity contribution in [3.05, 3.63) is 64.7 Å². The van der Waals surface area contributed by atoms with Gasteiger partial charge in [0.1, 0.15) is 11.9 Å². The van der Waals surface area contributed by atoms with Gasteiger partial charge in [0.15, 0.2) is 0 Å². The lowest BCUT2D eigenvalue weighted by Gasteiger charge is -2.24. The van der Waals surface area contributed by atoms with Crippen molar-refractivity contribution in [2.75, 3.05) is 0 Å². The molecule has 1 aliphatic carbocycles. The topological polar surface area (TPSA) is 35.2 Å². The second kappa shape index (κ2) is 5.86. The molecule has 2 unspecified atom stereocenters. The lowest BCUT2D eigenvalue weighted by atomic mass is 9.98. The monoisotopic (exact) mass is 287 g/mol. The zero-order chi connectivity index (χ0) is 13.9. The first-order valence-electron chi connectivity index (χ1n) is 6.99. The molecule has 20 heavy (non-hydrogen) atoms. The highest BCUT2D eigenvalue weighted by Crippen LogP contribution is 2.30. The summed E-state index contributed by atoms with van der Waals surface area (Å²) in [6.07, 6.45) is 3.16. The van der Waals surface area contributed by atoms with Gasteiger partial charge in [-0.2, -0.15) is 0 Å². The average molecular weight is 288 g/mol. The number of rotatable bonds is 2. The summed E-state index contributed by atoms with van der Waals surface area (Å²) in [6, 6.07) is 15.8. The van der Waals surface area contributed by atoms with E-state index >= 15 is 0 Å². The number of aryl methyl sites for hydroxylation is 1. The highest BCUT2D eigenvalue weighted by atomic mass is 35.5. The van der Waals surface area contributed by atoms with Crippen LogP contribution < -0.4 is 10.5 Å². The van der Waals surface area contributed by atoms with Gasteiger partial charge in [0.25, 0.3) is 0 Å². The van der Waals surface area contributed by atoms with Crippen LogP contribution in [0.4, 0.5) is 0 Å². The molecule has 0 bridgehead atoms. The number of fused-ring (bicyclic) bond motifs is 1. The summed E-state index contributed by atoms with van der Waals surface area (Å²) in [5.74, 6) is 0.828. The van der Waals surface area contributed by atoms with E-state index in [9.17, 15) is 0 Å². The summed E-state index contributed by atoms with van der Waals surface area (Å²) < 4.78 is 6.08. The van der Waals surface area contributed by atoms with Crippen molar-refractivity contribution in [3.63, 3.8) is 0 Å². The molecular formula is C17H18ClNO. The summed E-state index contributed by atoms with van der Waals surface area (Å²) >= 11 is 5.90. The lowest BCUT2D eigenvalue weighted by molar-refractivity contribution is 0.162. The number of halogens is 1. The second-order valence-corrected chi connectivity index (χ2v) is 5.66. The third-order valence-electron chi connectivity index (χ3n) is 3.85. The Morgan fingerprint density at radius 3 is 2.60 bits per heavy atom. The van der Waals surface area contributed by atoms with Gasteiger partial charge in [-0.05, 0) is 54.7 Å². The van der Waals surface area contributed by atoms with Crippen molar-refractivity contribution in [1.29, 1.82) is 0 Å². The van der Waals surface area contributed by atoms with Crippen LogP contribution in [0, 0.1) is 0 Å². The van der Waals surface area contributed by atoms with Gasteiger partial charge in [0.2, 0.25) is 0 Å². The van der Waals surface area contributed by atoms with Crippen molar-refractivity contribution >= 4 is 11.6 Å². The predicted molar refractivity (Wildman–Crippen MR) is 82.2 cm³/mol. The first kappa shape index (κ1) is 13.5. The maximum absolute atomic E-state index is 6.42. The van der Waals surface area contributed by atoms with Gasteiger partial charge in [0, 0.05) is 5.02 Å². The Morgan fingerprint density at radius 2 is 1.80 bits per heavy atom. The minimum atomic E-state index is -0.0793. The summed E-state index contributed by atoms with van der Waals surface area (Å²) in [5, 5.41) is 0.716. The Kier molecular flexibility index (Phi) is 3.95. The van der Waals surface area contributed by atoms with Crippen LogP contribution in [0.1, 0.15) is 30.0 Å². The molecule has 2 aromatic rings. The molecule has 2 nitrogen and oxygen atoms in total. The van der Waals surface area contributed by atoms with E-state index < -0.39 is 0 Å². The van der Waals surface area contributed by atoms with Gasteiger partial charge in [-0.15, -0.1) is 0 Å². The van der Waals surface area contributed by atoms with E-state index in [0.29, 0.717) is 5.02 Å². The van der Waals surface area contributed by atoms with Crippen molar-refractivity contribution in [1.82, 2.24) is 0 Å². The van der Waals surface area contributed by atoms with E-state index in [2.05, 4.69) is 18.2 Å². The number of hydrogen-bond acceptors (Lipinski definition) is 2. The fraction of sp³-hybridized carbons (Fsp3) is 0.294. The summed E-state index contributed by atoms with van der Waals surface area (Å²) in [5.41, 5.74) is 8.98. The smallest absolute Gasteiger partial charge is 0.119 e. The van der Waals surface area contributed by atoms with Gasteiger partial charge >= 0.3 is 0 Å². The zero-order valence-corrected chi connectivity index (χ0v) is 12.0. The van der Waals surface area contributed by atoms with Crippen LogP contribution in [0.5, 0.6) is 5.75 Å². The summed E-state index contributed by atoms with van der Waals surface area (Å²) in [7, 11) is 0. The molecule has 3 rings (SSSR count). The minimum Gasteiger partial charge on any atom is -0.488 e. The number of ether oxygens (including phenoxy) is 1. The third-order valence-corrected chi connectivity index (χ3v) is 4.10. The van der Waals surface area contributed by atoms with E-state index in [1.165, 1.54) is 11.1 Å². The molecule has 0 heterocycles. The van der Waals surface area contributed by atoms with Crippen molar-refractivity contribution in [2.24, 2.45) is 5.73 Å². The molecule has 0 radical (unpaired) electrons. The SMILES string of the molecule is NC1c2ccccc2CCCC1Oc1ccc(Cl)cc1. The quantitative estimate of drug-likeness (QED) is 0.843. The van der Waals surface area contributed by atoms with Crippen LogP contribution in [0.25, 0.3) is 0 Å². The van der Waals surface area contributed by atoms with E-state index in [4.69, 9.17) is 22.1 Å². The Hall–Kier alpha value is -1.51. The molecule has 0 amide bonds. The molecule has 3 heteroatoms. The highest BCUT2D eigenvalue weighted by Gasteiger charge is 2.26. The summed E-state index contributed by atoms with van der Waals surface area (Å²) in [4.78, 5) is 0. The van der Waals surface area contributed by atoms with Crippen LogP contribution in [0.2, 0.25) is 5.02 Å². The molecule has 0 spiro atoms. The second-order valence-electron chi connectivity index (χ2n) is 5.23. The third kappa shape index (κ3) is 2.82. The van der Waals surface area contributed by atoms with Gasteiger partial charge in [-0.1, -0.05) is 35.9 Å². The largest absolute Gasteiger partial charge is 0.488 e. The lowest BCUT2D eigenvalue weighted by Crippen LogP contribution is -2.30. The van der Waals surface area contributed by atoms with Crippen molar-refractivity contribution in [3.8, 4) is 5.75 Å². The van der Waals surface area contributed by atoms with Gasteiger partial charge in [0.05, 0.1) is 6.04 Å². The molecule has 104 valence electrons. The molecule has 0 fully saturated rings. The Balaban J connectivity index is 1.82. The first-order chi connectivity index (χ1) is 9.74. The van der Waals surface area contributed by atoms with E-state index in [-0.39, 0.29) is 12.1 Å². The van der Waals surface area contributed by atoms with E-state index in [1.807, 2.05) is 30.3 Å². The van der Waals surface area contributed by atoms with Crippen LogP contribution >= 0.6 is 11.6 Å². The Morgan fingerprint density at radius 1 is 1.05 bits per heavy atom. The molecule has 2 aromatic carbocycles. The summed E-state index contributed by atoms with van der Waals surface area (Å²) in [6.45, 7) is 0. The van der Waals surface area contributed by atoms with Crippen molar-refractivity contribution in [2.45, 2.75) is 31.4 Å². The van der Waals surface area contributed by atoms with Crippen LogP contribution in [0.3, 0.4) is 0 Å². The van der Waals surface area contributed by atoms with E-state index in [0.717, 1.165) is 25.0 Å². The predicted octanol–water partition coefficient (Wildman–Crippen LogP) is 4.12. The molecule has 0 aromatic heterocycles. The van der Waals surface area contributed by atoms with Crippen LogP contribution in [-0.4, -0.2) is 6.10 Å². The van der Waals surface area contributed by atoms with Crippen molar-refractivity contribution < 1.29 is 4.74 Å². The first-order valence-corrected chi connectivity index (χ1v) is 7.37. The maximum Gasteiger partial charge on any atom is 0.119 e. The van der Waals surface area contributed by atoms with Gasteiger partial charge in [-0.25, -0.2) is 0 Å². The van der Waals surface area contributed by atoms with Gasteiger partial charge in [-0.3, -0.25) is 0 Å². The molecule has 0 saturated carbocycles. The Bertz CT molecular complexity index is 582. The fourth-order valence-corrected chi connectivity index (χ4v) is 2.91. The van der Waals surface area contributed by atoms with Crippen LogP contribution in [0.15, 0.2) is 48.5 Å². The van der Waals surface area contributed by atoms with Gasteiger partial charge < -0.3 is 10.5 Å². The molecule has 2 atom stereocenters. The fourth-order valence-electron chi connectivity index (χ4n) is 2.78. The number of benzene rings is 2. The molecule has 2 N–H and O–H groups in total. The zero-order valence-electron chi connectivity index (χ0n) is 11.3. The normalized spacial score (nSPS) is 21.9. The number of nitrogens with two attached hydrogens (primary N) is 1. The highest BCUT2D eigenvalue weighted by molar-refractivity contribution is 6.30. The average Bonchev–Trinajstić information content (AvgIpc) is 2.62. The molecule has 0 saturated heterocycles. The molecule has 1 aliphatic rings. The maximum atomic E-state index is 6.42.